The van der Waals surface area contributed by atoms with Crippen molar-refractivity contribution in [1.29, 1.82) is 0 Å². The molecule has 0 spiro atoms. The third-order valence-corrected chi connectivity index (χ3v) is 4.75. The lowest BCUT2D eigenvalue weighted by Gasteiger charge is -2.31. The van der Waals surface area contributed by atoms with Gasteiger partial charge in [0.05, 0.1) is 13.2 Å². The number of aliphatic hydroxyl groups is 2. The lowest BCUT2D eigenvalue weighted by Crippen LogP contribution is -2.35. The van der Waals surface area contributed by atoms with Crippen LogP contribution in [0.2, 0.25) is 0 Å². The van der Waals surface area contributed by atoms with E-state index in [-0.39, 0.29) is 13.2 Å². The summed E-state index contributed by atoms with van der Waals surface area (Å²) in [6.45, 7) is 2.19. The monoisotopic (exact) mass is 342 g/mol. The number of hydrogen-bond acceptors (Lipinski definition) is 2. The molecule has 2 nitrogen and oxygen atoms in total. The summed E-state index contributed by atoms with van der Waals surface area (Å²) in [5, 5.41) is 19.6. The van der Waals surface area contributed by atoms with Gasteiger partial charge in [-0.3, -0.25) is 0 Å². The molecule has 0 aliphatic heterocycles. The molecule has 0 radical (unpaired) electrons. The van der Waals surface area contributed by atoms with E-state index in [0.717, 1.165) is 22.9 Å². The average Bonchev–Trinajstić information content (AvgIpc) is 2.48. The maximum atomic E-state index is 9.81. The number of hydrogen-bond donors (Lipinski definition) is 2. The fourth-order valence-corrected chi connectivity index (χ4v) is 3.35. The van der Waals surface area contributed by atoms with Gasteiger partial charge in [0.1, 0.15) is 0 Å². The highest BCUT2D eigenvalue weighted by Gasteiger charge is 2.32. The van der Waals surface area contributed by atoms with Gasteiger partial charge < -0.3 is 10.2 Å². The van der Waals surface area contributed by atoms with Crippen LogP contribution in [0.3, 0.4) is 0 Å². The highest BCUT2D eigenvalue weighted by molar-refractivity contribution is 9.10. The highest BCUT2D eigenvalue weighted by Crippen LogP contribution is 2.34. The molecule has 1 aromatic carbocycles. The molecular formula is C17H27BrO2. The van der Waals surface area contributed by atoms with Gasteiger partial charge in [0.25, 0.3) is 0 Å². The Hall–Kier alpha value is -0.380. The minimum atomic E-state index is -0.523. The van der Waals surface area contributed by atoms with E-state index >= 15 is 0 Å². The zero-order valence-corrected chi connectivity index (χ0v) is 14.0. The van der Waals surface area contributed by atoms with Crippen molar-refractivity contribution in [3.63, 3.8) is 0 Å². The zero-order chi connectivity index (χ0) is 14.8. The van der Waals surface area contributed by atoms with Crippen LogP contribution in [0, 0.1) is 0 Å². The second kappa shape index (κ2) is 9.54. The molecule has 1 rings (SSSR count). The van der Waals surface area contributed by atoms with Crippen molar-refractivity contribution in [3.8, 4) is 0 Å². The molecule has 0 atom stereocenters. The summed E-state index contributed by atoms with van der Waals surface area (Å²) in [7, 11) is 0. The van der Waals surface area contributed by atoms with Crippen LogP contribution >= 0.6 is 15.9 Å². The number of benzene rings is 1. The Balaban J connectivity index is 2.61. The Bertz CT molecular complexity index is 375. The minimum absolute atomic E-state index is 0.0128. The summed E-state index contributed by atoms with van der Waals surface area (Å²) in [6.07, 6.45) is 8.14. The molecule has 3 heteroatoms. The number of halogens is 1. The molecule has 0 saturated heterocycles. The summed E-state index contributed by atoms with van der Waals surface area (Å²) >= 11 is 3.53. The van der Waals surface area contributed by atoms with E-state index in [1.54, 1.807) is 0 Å². The quantitative estimate of drug-likeness (QED) is 0.617. The average molecular weight is 343 g/mol. The highest BCUT2D eigenvalue weighted by atomic mass is 79.9. The molecule has 0 aliphatic carbocycles. The van der Waals surface area contributed by atoms with Gasteiger partial charge in [0.2, 0.25) is 0 Å². The fraction of sp³-hybridized carbons (Fsp3) is 0.647. The van der Waals surface area contributed by atoms with Crippen LogP contribution in [0.25, 0.3) is 0 Å². The van der Waals surface area contributed by atoms with E-state index in [2.05, 4.69) is 22.9 Å². The summed E-state index contributed by atoms with van der Waals surface area (Å²) in [4.78, 5) is 0. The van der Waals surface area contributed by atoms with Gasteiger partial charge >= 0.3 is 0 Å². The van der Waals surface area contributed by atoms with Gasteiger partial charge in [-0.05, 0) is 18.1 Å². The van der Waals surface area contributed by atoms with Crippen LogP contribution in [-0.2, 0) is 5.41 Å². The van der Waals surface area contributed by atoms with Crippen LogP contribution in [0.1, 0.15) is 57.4 Å². The molecular weight excluding hydrogens is 316 g/mol. The van der Waals surface area contributed by atoms with Crippen LogP contribution in [-0.4, -0.2) is 23.4 Å². The van der Waals surface area contributed by atoms with E-state index in [0.29, 0.717) is 0 Å². The SMILES string of the molecule is CCCCCCCCC(CO)(CO)c1ccccc1Br. The lowest BCUT2D eigenvalue weighted by atomic mass is 9.77. The first kappa shape index (κ1) is 17.7. The van der Waals surface area contributed by atoms with Crippen molar-refractivity contribution < 1.29 is 10.2 Å². The molecule has 0 aromatic heterocycles. The van der Waals surface area contributed by atoms with Gasteiger partial charge in [-0.25, -0.2) is 0 Å². The van der Waals surface area contributed by atoms with E-state index in [4.69, 9.17) is 0 Å². The van der Waals surface area contributed by atoms with Crippen molar-refractivity contribution in [2.75, 3.05) is 13.2 Å². The number of rotatable bonds is 10. The topological polar surface area (TPSA) is 40.5 Å². The predicted molar refractivity (Wildman–Crippen MR) is 88.0 cm³/mol. The summed E-state index contributed by atoms with van der Waals surface area (Å²) < 4.78 is 0.967. The van der Waals surface area contributed by atoms with Crippen LogP contribution in [0.5, 0.6) is 0 Å². The summed E-state index contributed by atoms with van der Waals surface area (Å²) in [6, 6.07) is 7.88. The van der Waals surface area contributed by atoms with Crippen molar-refractivity contribution >= 4 is 15.9 Å². The van der Waals surface area contributed by atoms with Crippen molar-refractivity contribution in [2.45, 2.75) is 57.3 Å². The van der Waals surface area contributed by atoms with Crippen molar-refractivity contribution in [3.05, 3.63) is 34.3 Å². The van der Waals surface area contributed by atoms with Crippen LogP contribution < -0.4 is 0 Å². The van der Waals surface area contributed by atoms with E-state index < -0.39 is 5.41 Å². The molecule has 0 aliphatic rings. The number of aliphatic hydroxyl groups excluding tert-OH is 2. The summed E-state index contributed by atoms with van der Waals surface area (Å²) in [5.74, 6) is 0. The third kappa shape index (κ3) is 4.87. The second-order valence-electron chi connectivity index (χ2n) is 5.59. The van der Waals surface area contributed by atoms with Gasteiger partial charge in [-0.1, -0.05) is 79.6 Å². The Kier molecular flexibility index (Phi) is 8.43. The molecule has 0 fully saturated rings. The van der Waals surface area contributed by atoms with Crippen molar-refractivity contribution in [2.24, 2.45) is 0 Å². The first-order valence-corrected chi connectivity index (χ1v) is 8.46. The molecule has 114 valence electrons. The molecule has 0 unspecified atom stereocenters. The molecule has 2 N–H and O–H groups in total. The normalized spacial score (nSPS) is 11.8. The van der Waals surface area contributed by atoms with Crippen LogP contribution in [0.15, 0.2) is 28.7 Å². The first-order chi connectivity index (χ1) is 9.70. The maximum Gasteiger partial charge on any atom is 0.0550 e. The van der Waals surface area contributed by atoms with Gasteiger partial charge in [-0.2, -0.15) is 0 Å². The number of unbranched alkanes of at least 4 members (excludes halogenated alkanes) is 5. The molecule has 0 heterocycles. The Labute approximate surface area is 131 Å². The molecule has 1 aromatic rings. The Morgan fingerprint density at radius 2 is 1.55 bits per heavy atom. The molecule has 0 bridgehead atoms. The standard InChI is InChI=1S/C17H27BrO2/c1-2-3-4-5-6-9-12-17(13-19,14-20)15-10-7-8-11-16(15)18/h7-8,10-11,19-20H,2-6,9,12-14H2,1H3. The zero-order valence-electron chi connectivity index (χ0n) is 12.4. The van der Waals surface area contributed by atoms with E-state index in [1.165, 1.54) is 32.1 Å². The smallest absolute Gasteiger partial charge is 0.0550 e. The lowest BCUT2D eigenvalue weighted by molar-refractivity contribution is 0.106. The van der Waals surface area contributed by atoms with Gasteiger partial charge in [-0.15, -0.1) is 0 Å². The Morgan fingerprint density at radius 1 is 0.950 bits per heavy atom. The predicted octanol–water partition coefficient (Wildman–Crippen LogP) is 4.42. The maximum absolute atomic E-state index is 9.81. The van der Waals surface area contributed by atoms with Crippen LogP contribution in [0.4, 0.5) is 0 Å². The minimum Gasteiger partial charge on any atom is -0.395 e. The van der Waals surface area contributed by atoms with E-state index in [9.17, 15) is 10.2 Å². The first-order valence-electron chi connectivity index (χ1n) is 7.67. The van der Waals surface area contributed by atoms with Gasteiger partial charge in [0.15, 0.2) is 0 Å². The fourth-order valence-electron chi connectivity index (χ4n) is 2.65. The van der Waals surface area contributed by atoms with Gasteiger partial charge in [0, 0.05) is 9.89 Å². The third-order valence-electron chi connectivity index (χ3n) is 4.06. The molecule has 0 saturated carbocycles. The second-order valence-corrected chi connectivity index (χ2v) is 6.45. The Morgan fingerprint density at radius 3 is 2.15 bits per heavy atom. The molecule has 0 amide bonds. The molecule has 20 heavy (non-hydrogen) atoms. The van der Waals surface area contributed by atoms with Crippen molar-refractivity contribution in [1.82, 2.24) is 0 Å². The largest absolute Gasteiger partial charge is 0.395 e. The van der Waals surface area contributed by atoms with E-state index in [1.807, 2.05) is 24.3 Å². The summed E-state index contributed by atoms with van der Waals surface area (Å²) in [5.41, 5.74) is 0.490.